The Morgan fingerprint density at radius 2 is 2.67 bits per heavy atom. The number of hydrogen-bond donors (Lipinski definition) is 0. The van der Waals surface area contributed by atoms with Crippen molar-refractivity contribution in [2.75, 3.05) is 7.11 Å². The van der Waals surface area contributed by atoms with Gasteiger partial charge in [0.25, 0.3) is 0 Å². The van der Waals surface area contributed by atoms with E-state index in [0.717, 1.165) is 11.5 Å². The fourth-order valence-corrected chi connectivity index (χ4v) is 0.918. The quantitative estimate of drug-likeness (QED) is 0.585. The molecule has 0 spiro atoms. The fourth-order valence-electron chi connectivity index (χ4n) is 0.408. The fraction of sp³-hybridized carbons (Fsp3) is 0.200. The van der Waals surface area contributed by atoms with Gasteiger partial charge in [-0.15, -0.1) is 0 Å². The third kappa shape index (κ3) is 1.18. The zero-order chi connectivity index (χ0) is 6.69. The van der Waals surface area contributed by atoms with Crippen LogP contribution in [0.25, 0.3) is 0 Å². The Bertz CT molecular complexity index is 237. The summed E-state index contributed by atoms with van der Waals surface area (Å²) < 4.78 is 8.55. The second-order valence-corrected chi connectivity index (χ2v) is 2.15. The molecule has 0 fully saturated rings. The minimum absolute atomic E-state index is 0.511. The van der Waals surface area contributed by atoms with Gasteiger partial charge < -0.3 is 4.74 Å². The number of nitriles is 1. The maximum Gasteiger partial charge on any atom is 0.226 e. The molecule has 0 aliphatic rings. The van der Waals surface area contributed by atoms with E-state index in [1.54, 1.807) is 6.07 Å². The summed E-state index contributed by atoms with van der Waals surface area (Å²) in [5, 5.41) is 8.31. The van der Waals surface area contributed by atoms with E-state index in [9.17, 15) is 0 Å². The number of rotatable bonds is 1. The van der Waals surface area contributed by atoms with Crippen LogP contribution in [0.4, 0.5) is 0 Å². The first-order chi connectivity index (χ1) is 4.36. The Morgan fingerprint density at radius 3 is 3.00 bits per heavy atom. The van der Waals surface area contributed by atoms with Crippen LogP contribution in [0, 0.1) is 11.3 Å². The summed E-state index contributed by atoms with van der Waals surface area (Å²) in [5.74, 6) is 0.511. The van der Waals surface area contributed by atoms with Crippen molar-refractivity contribution < 1.29 is 4.74 Å². The molecule has 1 aromatic heterocycles. The highest BCUT2D eigenvalue weighted by Crippen LogP contribution is 2.13. The normalized spacial score (nSPS) is 8.44. The lowest BCUT2D eigenvalue weighted by molar-refractivity contribution is 0.402. The van der Waals surface area contributed by atoms with Gasteiger partial charge in [-0.3, -0.25) is 0 Å². The van der Waals surface area contributed by atoms with E-state index in [2.05, 4.69) is 4.37 Å². The second kappa shape index (κ2) is 2.46. The minimum atomic E-state index is 0.511. The van der Waals surface area contributed by atoms with Gasteiger partial charge in [-0.05, 0) is 11.5 Å². The number of methoxy groups -OCH3 is 1. The van der Waals surface area contributed by atoms with E-state index >= 15 is 0 Å². The van der Waals surface area contributed by atoms with Crippen molar-refractivity contribution in [2.24, 2.45) is 0 Å². The van der Waals surface area contributed by atoms with Crippen molar-refractivity contribution in [1.29, 1.82) is 5.26 Å². The van der Waals surface area contributed by atoms with Gasteiger partial charge in [0, 0.05) is 6.07 Å². The first-order valence-corrected chi connectivity index (χ1v) is 3.05. The first kappa shape index (κ1) is 6.05. The Kier molecular flexibility index (Phi) is 1.66. The highest BCUT2D eigenvalue weighted by molar-refractivity contribution is 7.06. The largest absolute Gasteiger partial charge is 0.480 e. The summed E-state index contributed by atoms with van der Waals surface area (Å²) >= 11 is 1.14. The lowest BCUT2D eigenvalue weighted by atomic mass is 10.5. The van der Waals surface area contributed by atoms with E-state index < -0.39 is 0 Å². The van der Waals surface area contributed by atoms with Crippen LogP contribution in [-0.2, 0) is 0 Å². The summed E-state index contributed by atoms with van der Waals surface area (Å²) in [6.45, 7) is 0. The van der Waals surface area contributed by atoms with Crippen molar-refractivity contribution in [3.63, 3.8) is 0 Å². The topological polar surface area (TPSA) is 45.9 Å². The van der Waals surface area contributed by atoms with Crippen LogP contribution in [0.5, 0.6) is 5.88 Å². The molecule has 1 rings (SSSR count). The average Bonchev–Trinajstić information content (AvgIpc) is 2.34. The van der Waals surface area contributed by atoms with Gasteiger partial charge in [-0.2, -0.15) is 9.64 Å². The molecular weight excluding hydrogens is 136 g/mol. The molecule has 46 valence electrons. The van der Waals surface area contributed by atoms with Crippen molar-refractivity contribution in [3.8, 4) is 11.9 Å². The Morgan fingerprint density at radius 1 is 1.89 bits per heavy atom. The molecule has 0 saturated heterocycles. The Hall–Kier alpha value is -1.08. The molecule has 1 aromatic rings. The smallest absolute Gasteiger partial charge is 0.226 e. The van der Waals surface area contributed by atoms with Gasteiger partial charge in [0.2, 0.25) is 5.88 Å². The third-order valence-electron chi connectivity index (χ3n) is 0.808. The standard InChI is InChI=1S/C5H4N2OS/c1-8-5-2-4(3-6)9-7-5/h2H,1H3. The summed E-state index contributed by atoms with van der Waals surface area (Å²) in [6.07, 6.45) is 0. The number of ether oxygens (including phenoxy) is 1. The van der Waals surface area contributed by atoms with E-state index in [1.165, 1.54) is 7.11 Å². The van der Waals surface area contributed by atoms with Crippen LogP contribution < -0.4 is 4.74 Å². The van der Waals surface area contributed by atoms with Crippen molar-refractivity contribution >= 4 is 11.5 Å². The molecular formula is C5H4N2OS. The van der Waals surface area contributed by atoms with Crippen molar-refractivity contribution in [2.45, 2.75) is 0 Å². The van der Waals surface area contributed by atoms with Crippen LogP contribution in [-0.4, -0.2) is 11.5 Å². The van der Waals surface area contributed by atoms with Gasteiger partial charge >= 0.3 is 0 Å². The average molecular weight is 140 g/mol. The zero-order valence-electron chi connectivity index (χ0n) is 4.79. The SMILES string of the molecule is COc1cc(C#N)sn1. The van der Waals surface area contributed by atoms with Crippen LogP contribution in [0.15, 0.2) is 6.07 Å². The molecule has 0 aromatic carbocycles. The monoisotopic (exact) mass is 140 g/mol. The second-order valence-electron chi connectivity index (χ2n) is 1.35. The molecule has 0 unspecified atom stereocenters. The summed E-state index contributed by atoms with van der Waals surface area (Å²) in [5.41, 5.74) is 0. The molecule has 0 aliphatic heterocycles. The highest BCUT2D eigenvalue weighted by Gasteiger charge is 1.97. The van der Waals surface area contributed by atoms with Gasteiger partial charge in [-0.1, -0.05) is 0 Å². The molecule has 4 heteroatoms. The Labute approximate surface area is 56.7 Å². The van der Waals surface area contributed by atoms with Crippen LogP contribution in [0.2, 0.25) is 0 Å². The van der Waals surface area contributed by atoms with Crippen molar-refractivity contribution in [3.05, 3.63) is 10.9 Å². The summed E-state index contributed by atoms with van der Waals surface area (Å²) in [7, 11) is 1.52. The highest BCUT2D eigenvalue weighted by atomic mass is 32.1. The van der Waals surface area contributed by atoms with Crippen LogP contribution >= 0.6 is 11.5 Å². The predicted molar refractivity (Wildman–Crippen MR) is 33.4 cm³/mol. The molecule has 0 amide bonds. The maximum absolute atomic E-state index is 8.31. The predicted octanol–water partition coefficient (Wildman–Crippen LogP) is 1.02. The van der Waals surface area contributed by atoms with Gasteiger partial charge in [0.05, 0.1) is 7.11 Å². The number of nitrogens with zero attached hydrogens (tertiary/aromatic N) is 2. The molecule has 0 bridgehead atoms. The van der Waals surface area contributed by atoms with Crippen LogP contribution in [0.3, 0.4) is 0 Å². The maximum atomic E-state index is 8.31. The number of hydrogen-bond acceptors (Lipinski definition) is 4. The molecule has 0 saturated carbocycles. The summed E-state index contributed by atoms with van der Waals surface area (Å²) in [6, 6.07) is 3.56. The molecule has 3 nitrogen and oxygen atoms in total. The lowest BCUT2D eigenvalue weighted by Gasteiger charge is -1.84. The molecule has 0 atom stereocenters. The molecule has 0 N–H and O–H groups in total. The minimum Gasteiger partial charge on any atom is -0.480 e. The molecule has 0 radical (unpaired) electrons. The summed E-state index contributed by atoms with van der Waals surface area (Å²) in [4.78, 5) is 0.576. The number of aromatic nitrogens is 1. The zero-order valence-corrected chi connectivity index (χ0v) is 5.60. The van der Waals surface area contributed by atoms with Gasteiger partial charge in [0.15, 0.2) is 0 Å². The molecule has 1 heterocycles. The molecule has 0 aliphatic carbocycles. The lowest BCUT2D eigenvalue weighted by Crippen LogP contribution is -1.78. The van der Waals surface area contributed by atoms with E-state index in [-0.39, 0.29) is 0 Å². The Balaban J connectivity index is 2.90. The van der Waals surface area contributed by atoms with Crippen LogP contribution in [0.1, 0.15) is 4.88 Å². The van der Waals surface area contributed by atoms with E-state index in [4.69, 9.17) is 10.00 Å². The van der Waals surface area contributed by atoms with Gasteiger partial charge in [0.1, 0.15) is 10.9 Å². The van der Waals surface area contributed by atoms with Crippen molar-refractivity contribution in [1.82, 2.24) is 4.37 Å². The third-order valence-corrected chi connectivity index (χ3v) is 1.48. The molecule has 9 heavy (non-hydrogen) atoms. The van der Waals surface area contributed by atoms with Gasteiger partial charge in [-0.25, -0.2) is 0 Å². The van der Waals surface area contributed by atoms with E-state index in [0.29, 0.717) is 10.8 Å². The first-order valence-electron chi connectivity index (χ1n) is 2.27. The van der Waals surface area contributed by atoms with E-state index in [1.807, 2.05) is 6.07 Å².